The molecule has 3 aliphatic heterocycles. The SMILES string of the molecule is CC(C)(C)OC(=O)N1CC2CCC1CN2c1ccc(C#N)cc1. The number of benzene rings is 1. The van der Waals surface area contributed by atoms with E-state index in [-0.39, 0.29) is 12.1 Å². The molecule has 3 aliphatic rings. The van der Waals surface area contributed by atoms with E-state index in [9.17, 15) is 4.79 Å². The molecule has 23 heavy (non-hydrogen) atoms. The van der Waals surface area contributed by atoms with Crippen LogP contribution in [-0.2, 0) is 4.74 Å². The molecule has 1 aromatic rings. The highest BCUT2D eigenvalue weighted by Gasteiger charge is 2.42. The highest BCUT2D eigenvalue weighted by molar-refractivity contribution is 5.70. The lowest BCUT2D eigenvalue weighted by Gasteiger charge is -2.52. The highest BCUT2D eigenvalue weighted by atomic mass is 16.6. The second-order valence-electron chi connectivity index (χ2n) is 7.33. The molecule has 0 aliphatic carbocycles. The number of piperazine rings is 1. The van der Waals surface area contributed by atoms with Crippen molar-refractivity contribution in [2.75, 3.05) is 18.0 Å². The van der Waals surface area contributed by atoms with E-state index in [0.717, 1.165) is 25.1 Å². The van der Waals surface area contributed by atoms with Crippen molar-refractivity contribution in [2.45, 2.75) is 51.3 Å². The maximum absolute atomic E-state index is 12.4. The average Bonchev–Trinajstić information content (AvgIpc) is 2.53. The number of carbonyl (C=O) groups excluding carboxylic acids is 1. The second-order valence-corrected chi connectivity index (χ2v) is 7.33. The first-order chi connectivity index (χ1) is 10.9. The number of amides is 1. The fourth-order valence-corrected chi connectivity index (χ4v) is 3.42. The van der Waals surface area contributed by atoms with Crippen LogP contribution < -0.4 is 4.90 Å². The lowest BCUT2D eigenvalue weighted by atomic mass is 9.90. The molecule has 3 saturated heterocycles. The summed E-state index contributed by atoms with van der Waals surface area (Å²) >= 11 is 0. The Morgan fingerprint density at radius 1 is 1.17 bits per heavy atom. The van der Waals surface area contributed by atoms with Gasteiger partial charge in [0.05, 0.1) is 17.7 Å². The molecule has 2 unspecified atom stereocenters. The van der Waals surface area contributed by atoms with E-state index in [2.05, 4.69) is 11.0 Å². The van der Waals surface area contributed by atoms with E-state index in [4.69, 9.17) is 10.00 Å². The molecule has 0 aromatic heterocycles. The molecule has 5 heteroatoms. The molecule has 3 heterocycles. The lowest BCUT2D eigenvalue weighted by molar-refractivity contribution is 0.000888. The van der Waals surface area contributed by atoms with Crippen molar-refractivity contribution < 1.29 is 9.53 Å². The summed E-state index contributed by atoms with van der Waals surface area (Å²) in [5.74, 6) is 0. The van der Waals surface area contributed by atoms with Crippen LogP contribution in [0.2, 0.25) is 0 Å². The number of hydrogen-bond donors (Lipinski definition) is 0. The van der Waals surface area contributed by atoms with Crippen LogP contribution in [0.1, 0.15) is 39.2 Å². The summed E-state index contributed by atoms with van der Waals surface area (Å²) in [5.41, 5.74) is 1.34. The van der Waals surface area contributed by atoms with Gasteiger partial charge < -0.3 is 14.5 Å². The third-order valence-electron chi connectivity index (χ3n) is 4.49. The molecule has 5 nitrogen and oxygen atoms in total. The zero-order chi connectivity index (χ0) is 16.6. The monoisotopic (exact) mass is 313 g/mol. The number of piperidine rings is 2. The van der Waals surface area contributed by atoms with Crippen molar-refractivity contribution in [3.8, 4) is 6.07 Å². The Bertz CT molecular complexity index is 627. The van der Waals surface area contributed by atoms with Gasteiger partial charge in [0, 0.05) is 24.8 Å². The number of hydrogen-bond acceptors (Lipinski definition) is 4. The third kappa shape index (κ3) is 3.26. The summed E-state index contributed by atoms with van der Waals surface area (Å²) in [6, 6.07) is 10.4. The zero-order valence-corrected chi connectivity index (χ0v) is 14.0. The number of carbonyl (C=O) groups is 1. The van der Waals surface area contributed by atoms with Gasteiger partial charge in [-0.2, -0.15) is 5.26 Å². The Morgan fingerprint density at radius 3 is 2.35 bits per heavy atom. The Hall–Kier alpha value is -2.22. The molecule has 1 aromatic carbocycles. The number of ether oxygens (including phenoxy) is 1. The smallest absolute Gasteiger partial charge is 0.410 e. The van der Waals surface area contributed by atoms with Crippen LogP contribution in [0.3, 0.4) is 0 Å². The molecule has 122 valence electrons. The number of nitrogens with zero attached hydrogens (tertiary/aromatic N) is 3. The van der Waals surface area contributed by atoms with Gasteiger partial charge in [0.25, 0.3) is 0 Å². The Labute approximate surface area is 137 Å². The van der Waals surface area contributed by atoms with E-state index in [1.54, 1.807) is 0 Å². The van der Waals surface area contributed by atoms with E-state index in [0.29, 0.717) is 18.2 Å². The Balaban J connectivity index is 1.71. The van der Waals surface area contributed by atoms with Crippen molar-refractivity contribution in [3.63, 3.8) is 0 Å². The summed E-state index contributed by atoms with van der Waals surface area (Å²) in [7, 11) is 0. The molecule has 2 atom stereocenters. The van der Waals surface area contributed by atoms with E-state index in [1.807, 2.05) is 49.9 Å². The number of rotatable bonds is 1. The fraction of sp³-hybridized carbons (Fsp3) is 0.556. The molecular formula is C18H23N3O2. The molecular weight excluding hydrogens is 290 g/mol. The minimum atomic E-state index is -0.458. The second kappa shape index (κ2) is 5.77. The third-order valence-corrected chi connectivity index (χ3v) is 4.49. The molecule has 1 amide bonds. The maximum Gasteiger partial charge on any atom is 0.410 e. The van der Waals surface area contributed by atoms with Crippen LogP contribution in [0.4, 0.5) is 10.5 Å². The summed E-state index contributed by atoms with van der Waals surface area (Å²) in [6.07, 6.45) is 1.91. The van der Waals surface area contributed by atoms with Crippen LogP contribution in [0, 0.1) is 11.3 Å². The first-order valence-corrected chi connectivity index (χ1v) is 8.14. The quantitative estimate of drug-likeness (QED) is 0.799. The first kappa shape index (κ1) is 15.7. The molecule has 0 radical (unpaired) electrons. The average molecular weight is 313 g/mol. The zero-order valence-electron chi connectivity index (χ0n) is 14.0. The number of fused-ring (bicyclic) bond motifs is 3. The van der Waals surface area contributed by atoms with Crippen LogP contribution in [0.25, 0.3) is 0 Å². The predicted octanol–water partition coefficient (Wildman–Crippen LogP) is 3.15. The van der Waals surface area contributed by atoms with E-state index >= 15 is 0 Å². The van der Waals surface area contributed by atoms with Crippen molar-refractivity contribution in [1.82, 2.24) is 4.90 Å². The summed E-state index contributed by atoms with van der Waals surface area (Å²) in [5, 5.41) is 8.91. The van der Waals surface area contributed by atoms with Gasteiger partial charge in [-0.25, -0.2) is 4.79 Å². The molecule has 2 bridgehead atoms. The largest absolute Gasteiger partial charge is 0.444 e. The first-order valence-electron chi connectivity index (χ1n) is 8.14. The Kier molecular flexibility index (Phi) is 3.93. The van der Waals surface area contributed by atoms with Crippen LogP contribution in [0.15, 0.2) is 24.3 Å². The predicted molar refractivity (Wildman–Crippen MR) is 88.3 cm³/mol. The normalized spacial score (nSPS) is 23.6. The molecule has 0 N–H and O–H groups in total. The Morgan fingerprint density at radius 2 is 1.83 bits per heavy atom. The number of nitriles is 1. The lowest BCUT2D eigenvalue weighted by Crippen LogP contribution is -2.64. The fourth-order valence-electron chi connectivity index (χ4n) is 3.42. The van der Waals surface area contributed by atoms with Gasteiger partial charge in [-0.15, -0.1) is 0 Å². The van der Waals surface area contributed by atoms with Gasteiger partial charge >= 0.3 is 6.09 Å². The van der Waals surface area contributed by atoms with Gasteiger partial charge in [0.15, 0.2) is 0 Å². The maximum atomic E-state index is 12.4. The van der Waals surface area contributed by atoms with E-state index < -0.39 is 5.60 Å². The standard InChI is InChI=1S/C18H23N3O2/c1-18(2,3)23-17(22)21-12-15-8-9-16(21)11-20(15)14-6-4-13(10-19)5-7-14/h4-7,15-16H,8-9,11-12H2,1-3H3. The van der Waals surface area contributed by atoms with Gasteiger partial charge in [0.2, 0.25) is 0 Å². The van der Waals surface area contributed by atoms with Crippen molar-refractivity contribution in [1.29, 1.82) is 5.26 Å². The van der Waals surface area contributed by atoms with E-state index in [1.165, 1.54) is 0 Å². The van der Waals surface area contributed by atoms with Gasteiger partial charge in [-0.1, -0.05) is 0 Å². The van der Waals surface area contributed by atoms with Crippen molar-refractivity contribution in [2.24, 2.45) is 0 Å². The van der Waals surface area contributed by atoms with Gasteiger partial charge in [-0.05, 0) is 57.9 Å². The highest BCUT2D eigenvalue weighted by Crippen LogP contribution is 2.33. The number of anilines is 1. The van der Waals surface area contributed by atoms with Crippen molar-refractivity contribution >= 4 is 11.8 Å². The summed E-state index contributed by atoms with van der Waals surface area (Å²) in [6.45, 7) is 7.23. The van der Waals surface area contributed by atoms with Crippen LogP contribution in [0.5, 0.6) is 0 Å². The summed E-state index contributed by atoms with van der Waals surface area (Å²) < 4.78 is 5.53. The van der Waals surface area contributed by atoms with Crippen LogP contribution >= 0.6 is 0 Å². The van der Waals surface area contributed by atoms with Gasteiger partial charge in [-0.3, -0.25) is 0 Å². The topological polar surface area (TPSA) is 56.6 Å². The molecule has 0 saturated carbocycles. The molecule has 4 rings (SSSR count). The minimum absolute atomic E-state index is 0.200. The molecule has 3 fully saturated rings. The van der Waals surface area contributed by atoms with Crippen LogP contribution in [-0.4, -0.2) is 41.8 Å². The van der Waals surface area contributed by atoms with Gasteiger partial charge in [0.1, 0.15) is 5.60 Å². The van der Waals surface area contributed by atoms with Crippen molar-refractivity contribution in [3.05, 3.63) is 29.8 Å². The minimum Gasteiger partial charge on any atom is -0.444 e. The molecule has 0 spiro atoms. The summed E-state index contributed by atoms with van der Waals surface area (Å²) in [4.78, 5) is 16.6.